The average Bonchev–Trinajstić information content (AvgIpc) is 2.94. The van der Waals surface area contributed by atoms with Gasteiger partial charge >= 0.3 is 12.5 Å². The Balaban J connectivity index is 1.30. The van der Waals surface area contributed by atoms with E-state index in [-0.39, 0.29) is 24.5 Å². The maximum atomic E-state index is 14.9. The van der Waals surface area contributed by atoms with Crippen molar-refractivity contribution in [3.63, 3.8) is 0 Å². The summed E-state index contributed by atoms with van der Waals surface area (Å²) in [6, 6.07) is 21.4. The number of alkyl halides is 5. The third-order valence-electron chi connectivity index (χ3n) is 7.02. The van der Waals surface area contributed by atoms with Gasteiger partial charge in [0.05, 0.1) is 5.56 Å². The van der Waals surface area contributed by atoms with Gasteiger partial charge in [-0.1, -0.05) is 67.9 Å². The van der Waals surface area contributed by atoms with E-state index in [9.17, 15) is 39.5 Å². The summed E-state index contributed by atoms with van der Waals surface area (Å²) < 4.78 is 131. The van der Waals surface area contributed by atoms with Gasteiger partial charge in [-0.25, -0.2) is 22.3 Å². The Bertz CT molecular complexity index is 1800. The smallest absolute Gasteiger partial charge is 0.489 e. The van der Waals surface area contributed by atoms with Crippen LogP contribution in [0.15, 0.2) is 84.9 Å². The molecule has 0 heterocycles. The van der Waals surface area contributed by atoms with Crippen molar-refractivity contribution in [2.24, 2.45) is 0 Å². The lowest BCUT2D eigenvalue weighted by Gasteiger charge is -2.20. The minimum atomic E-state index is -5.92. The zero-order valence-corrected chi connectivity index (χ0v) is 23.4. The molecule has 234 valence electrons. The van der Waals surface area contributed by atoms with E-state index in [1.54, 1.807) is 12.1 Å². The summed E-state index contributed by atoms with van der Waals surface area (Å²) in [4.78, 5) is 0. The first-order chi connectivity index (χ1) is 21.2. The van der Waals surface area contributed by atoms with E-state index in [4.69, 9.17) is 4.74 Å². The first-order valence-corrected chi connectivity index (χ1v) is 13.6. The number of hydrogen-bond donors (Lipinski definition) is 0. The lowest BCUT2D eigenvalue weighted by Crippen LogP contribution is -2.29. The number of rotatable bonds is 9. The number of hydrogen-bond acceptors (Lipinski definition) is 2. The van der Waals surface area contributed by atoms with Crippen molar-refractivity contribution in [2.45, 2.75) is 38.8 Å². The molecule has 0 aliphatic carbocycles. The molecule has 0 amide bonds. The lowest BCUT2D eigenvalue weighted by molar-refractivity contribution is -0.432. The van der Waals surface area contributed by atoms with Crippen molar-refractivity contribution in [2.75, 3.05) is 0 Å². The molecule has 11 heteroatoms. The summed E-state index contributed by atoms with van der Waals surface area (Å²) in [6.07, 6.45) is -9.29. The zero-order chi connectivity index (χ0) is 32.5. The van der Waals surface area contributed by atoms with Crippen molar-refractivity contribution < 1.29 is 49.0 Å². The molecule has 0 radical (unpaired) electrons. The molecule has 5 aromatic rings. The molecular formula is C34H23F9O2. The predicted molar refractivity (Wildman–Crippen MR) is 150 cm³/mol. The Hall–Kier alpha value is -4.51. The fraction of sp³-hybridized carbons (Fsp3) is 0.176. The lowest BCUT2D eigenvalue weighted by atomic mass is 9.98. The van der Waals surface area contributed by atoms with Crippen LogP contribution in [-0.4, -0.2) is 6.36 Å². The minimum Gasteiger partial charge on any atom is -0.489 e. The van der Waals surface area contributed by atoms with Crippen molar-refractivity contribution in [3.8, 4) is 28.0 Å². The molecule has 0 aliphatic heterocycles. The Labute approximate surface area is 251 Å². The topological polar surface area (TPSA) is 18.5 Å². The number of fused-ring (bicyclic) bond motifs is 1. The largest absolute Gasteiger partial charge is 0.527 e. The average molecular weight is 635 g/mol. The molecule has 0 N–H and O–H groups in total. The number of aryl methyl sites for hydroxylation is 1. The van der Waals surface area contributed by atoms with Crippen LogP contribution >= 0.6 is 0 Å². The molecule has 0 saturated carbocycles. The third kappa shape index (κ3) is 7.25. The number of benzene rings is 5. The molecule has 0 aliphatic rings. The van der Waals surface area contributed by atoms with Crippen LogP contribution in [0, 0.1) is 23.3 Å². The fourth-order valence-electron chi connectivity index (χ4n) is 4.98. The van der Waals surface area contributed by atoms with Crippen LogP contribution in [0.3, 0.4) is 0 Å². The highest BCUT2D eigenvalue weighted by molar-refractivity contribution is 5.88. The summed E-state index contributed by atoms with van der Waals surface area (Å²) in [6.45, 7) is 2.04. The summed E-state index contributed by atoms with van der Waals surface area (Å²) in [7, 11) is 0. The maximum absolute atomic E-state index is 14.9. The number of ether oxygens (including phenoxy) is 2. The second-order valence-corrected chi connectivity index (χ2v) is 10.3. The quantitative estimate of drug-likeness (QED) is 0.150. The molecule has 0 spiro atoms. The SMILES string of the molecule is CCCc1ccc2cc(-c3ccc(COc4cc(F)c(-c5cc(F)c(C(F)(F)OC(F)(F)F)c(F)c5)c(F)c4)cc3)ccc2c1. The zero-order valence-electron chi connectivity index (χ0n) is 23.4. The molecule has 0 atom stereocenters. The Morgan fingerprint density at radius 2 is 1.13 bits per heavy atom. The molecule has 0 bridgehead atoms. The van der Waals surface area contributed by atoms with Crippen molar-refractivity contribution in [3.05, 3.63) is 125 Å². The molecule has 5 rings (SSSR count). The van der Waals surface area contributed by atoms with E-state index in [1.807, 2.05) is 18.2 Å². The second kappa shape index (κ2) is 12.5. The van der Waals surface area contributed by atoms with Crippen LogP contribution in [0.5, 0.6) is 5.75 Å². The van der Waals surface area contributed by atoms with Gasteiger partial charge < -0.3 is 4.74 Å². The molecule has 45 heavy (non-hydrogen) atoms. The highest BCUT2D eigenvalue weighted by Crippen LogP contribution is 2.41. The number of halogens is 9. The van der Waals surface area contributed by atoms with E-state index in [0.29, 0.717) is 5.56 Å². The molecule has 0 aromatic heterocycles. The van der Waals surface area contributed by atoms with Crippen LogP contribution < -0.4 is 4.74 Å². The monoisotopic (exact) mass is 634 g/mol. The highest BCUT2D eigenvalue weighted by atomic mass is 19.4. The van der Waals surface area contributed by atoms with E-state index in [1.165, 1.54) is 5.56 Å². The Morgan fingerprint density at radius 1 is 0.578 bits per heavy atom. The van der Waals surface area contributed by atoms with E-state index in [0.717, 1.165) is 46.9 Å². The van der Waals surface area contributed by atoms with Crippen LogP contribution in [0.25, 0.3) is 33.0 Å². The summed E-state index contributed by atoms with van der Waals surface area (Å²) in [5.41, 5.74) is -0.369. The van der Waals surface area contributed by atoms with Crippen LogP contribution in [0.1, 0.15) is 30.0 Å². The van der Waals surface area contributed by atoms with Gasteiger partial charge in [-0.3, -0.25) is 0 Å². The minimum absolute atomic E-state index is 0.0782. The van der Waals surface area contributed by atoms with Gasteiger partial charge in [-0.15, -0.1) is 13.2 Å². The van der Waals surface area contributed by atoms with Crippen LogP contribution in [0.2, 0.25) is 0 Å². The Kier molecular flexibility index (Phi) is 8.84. The van der Waals surface area contributed by atoms with Gasteiger partial charge in [0, 0.05) is 12.1 Å². The standard InChI is InChI=1S/C34H23F9O2/c1-2-3-19-4-9-24-13-23(11-10-22(24)12-19)21-7-5-20(6-8-21)18-44-26-16-27(35)31(28(36)17-26)25-14-29(37)32(30(38)15-25)33(39,40)45-34(41,42)43/h4-17H,2-3,18H2,1H3. The molecule has 0 fully saturated rings. The predicted octanol–water partition coefficient (Wildman–Crippen LogP) is 10.8. The van der Waals surface area contributed by atoms with Gasteiger partial charge in [0.15, 0.2) is 0 Å². The van der Waals surface area contributed by atoms with Gasteiger partial charge in [0.2, 0.25) is 0 Å². The maximum Gasteiger partial charge on any atom is 0.527 e. The van der Waals surface area contributed by atoms with E-state index >= 15 is 0 Å². The molecule has 5 aromatic carbocycles. The normalized spacial score (nSPS) is 12.1. The van der Waals surface area contributed by atoms with Crippen molar-refractivity contribution >= 4 is 10.8 Å². The summed E-state index contributed by atoms with van der Waals surface area (Å²) in [5.74, 6) is -7.40. The van der Waals surface area contributed by atoms with Gasteiger partial charge in [-0.05, 0) is 63.2 Å². The first kappa shape index (κ1) is 31.9. The van der Waals surface area contributed by atoms with E-state index < -0.39 is 52.4 Å². The molecule has 0 saturated heterocycles. The van der Waals surface area contributed by atoms with Crippen molar-refractivity contribution in [1.82, 2.24) is 0 Å². The van der Waals surface area contributed by atoms with Gasteiger partial charge in [-0.2, -0.15) is 8.78 Å². The van der Waals surface area contributed by atoms with E-state index in [2.05, 4.69) is 42.0 Å². The summed E-state index contributed by atoms with van der Waals surface area (Å²) in [5, 5.41) is 2.24. The Morgan fingerprint density at radius 3 is 1.73 bits per heavy atom. The highest BCUT2D eigenvalue weighted by Gasteiger charge is 2.49. The third-order valence-corrected chi connectivity index (χ3v) is 7.02. The molecular weight excluding hydrogens is 611 g/mol. The molecule has 2 nitrogen and oxygen atoms in total. The van der Waals surface area contributed by atoms with Gasteiger partial charge in [0.25, 0.3) is 0 Å². The van der Waals surface area contributed by atoms with Crippen LogP contribution in [-0.2, 0) is 23.9 Å². The fourth-order valence-corrected chi connectivity index (χ4v) is 4.98. The van der Waals surface area contributed by atoms with Crippen molar-refractivity contribution in [1.29, 1.82) is 0 Å². The van der Waals surface area contributed by atoms with Crippen LogP contribution in [0.4, 0.5) is 39.5 Å². The molecule has 0 unspecified atom stereocenters. The second-order valence-electron chi connectivity index (χ2n) is 10.3. The van der Waals surface area contributed by atoms with Gasteiger partial charge in [0.1, 0.15) is 41.2 Å². The summed E-state index contributed by atoms with van der Waals surface area (Å²) >= 11 is 0. The first-order valence-electron chi connectivity index (χ1n) is 13.6.